The van der Waals surface area contributed by atoms with Gasteiger partial charge >= 0.3 is 11.8 Å². The van der Waals surface area contributed by atoms with Crippen molar-refractivity contribution in [3.8, 4) is 0 Å². The van der Waals surface area contributed by atoms with Crippen molar-refractivity contribution in [1.82, 2.24) is 9.55 Å². The Kier molecular flexibility index (Phi) is 4.71. The molecule has 0 aliphatic heterocycles. The molecule has 1 heterocycles. The van der Waals surface area contributed by atoms with Crippen LogP contribution in [0.5, 0.6) is 0 Å². The number of aromatic nitrogens is 2. The number of hydrogen-bond acceptors (Lipinski definition) is 6. The maximum Gasteiger partial charge on any atom is 0.396 e. The fourth-order valence-corrected chi connectivity index (χ4v) is 2.49. The Labute approximate surface area is 109 Å². The van der Waals surface area contributed by atoms with Gasteiger partial charge in [0.25, 0.3) is 0 Å². The third-order valence-corrected chi connectivity index (χ3v) is 3.67. The Bertz CT molecular complexity index is 472. The molecule has 0 aliphatic rings. The van der Waals surface area contributed by atoms with E-state index in [-0.39, 0.29) is 23.5 Å². The number of thioether (sulfide) groups is 1. The lowest BCUT2D eigenvalue weighted by Gasteiger charge is -2.09. The highest BCUT2D eigenvalue weighted by molar-refractivity contribution is 8.00. The van der Waals surface area contributed by atoms with Crippen LogP contribution in [-0.4, -0.2) is 32.8 Å². The molecule has 1 aromatic heterocycles. The summed E-state index contributed by atoms with van der Waals surface area (Å²) in [6.45, 7) is 3.51. The molecule has 7 nitrogen and oxygen atoms in total. The molecule has 0 amide bonds. The van der Waals surface area contributed by atoms with Gasteiger partial charge in [-0.05, 0) is 9.91 Å². The Hall–Kier alpha value is -1.57. The van der Waals surface area contributed by atoms with Crippen LogP contribution < -0.4 is 0 Å². The van der Waals surface area contributed by atoms with E-state index >= 15 is 0 Å². The van der Waals surface area contributed by atoms with Crippen molar-refractivity contribution in [2.45, 2.75) is 30.5 Å². The molecule has 0 bridgehead atoms. The number of ether oxygens (including phenoxy) is 1. The van der Waals surface area contributed by atoms with Gasteiger partial charge in [0, 0.05) is 19.2 Å². The van der Waals surface area contributed by atoms with E-state index in [0.29, 0.717) is 10.9 Å². The van der Waals surface area contributed by atoms with Crippen molar-refractivity contribution < 1.29 is 14.5 Å². The van der Waals surface area contributed by atoms with Crippen molar-refractivity contribution >= 4 is 23.5 Å². The highest BCUT2D eigenvalue weighted by Crippen LogP contribution is 2.33. The van der Waals surface area contributed by atoms with Gasteiger partial charge in [-0.2, -0.15) is 0 Å². The normalized spacial score (nSPS) is 12.2. The number of esters is 1. The first kappa shape index (κ1) is 14.5. The lowest BCUT2D eigenvalue weighted by atomic mass is 10.3. The van der Waals surface area contributed by atoms with Crippen LogP contribution in [0.1, 0.15) is 19.2 Å². The van der Waals surface area contributed by atoms with Crippen molar-refractivity contribution in [2.75, 3.05) is 7.11 Å². The van der Waals surface area contributed by atoms with Crippen molar-refractivity contribution in [3.05, 3.63) is 15.9 Å². The van der Waals surface area contributed by atoms with Gasteiger partial charge < -0.3 is 14.9 Å². The monoisotopic (exact) mass is 273 g/mol. The molecule has 0 radical (unpaired) electrons. The van der Waals surface area contributed by atoms with Crippen LogP contribution in [0.15, 0.2) is 5.03 Å². The standard InChI is InChI=1S/C10H15N3O4S/c1-6(5-8(14)17-4)18-10-9(13(15)16)11-7(2)12(10)3/h6H,5H2,1-4H3. The molecule has 0 N–H and O–H groups in total. The van der Waals surface area contributed by atoms with E-state index in [1.165, 1.54) is 18.9 Å². The number of imidazole rings is 1. The number of nitrogens with zero attached hydrogens (tertiary/aromatic N) is 3. The van der Waals surface area contributed by atoms with E-state index in [9.17, 15) is 14.9 Å². The smallest absolute Gasteiger partial charge is 0.396 e. The average molecular weight is 273 g/mol. The van der Waals surface area contributed by atoms with Crippen LogP contribution >= 0.6 is 11.8 Å². The minimum absolute atomic E-state index is 0.119. The van der Waals surface area contributed by atoms with Crippen LogP contribution in [0.2, 0.25) is 0 Å². The molecule has 1 aromatic rings. The second-order valence-corrected chi connectivity index (χ2v) is 5.24. The minimum Gasteiger partial charge on any atom is -0.469 e. The molecule has 0 saturated carbocycles. The highest BCUT2D eigenvalue weighted by Gasteiger charge is 2.26. The maximum absolute atomic E-state index is 11.1. The summed E-state index contributed by atoms with van der Waals surface area (Å²) in [7, 11) is 3.03. The first-order chi connectivity index (χ1) is 8.36. The predicted octanol–water partition coefficient (Wildman–Crippen LogP) is 1.68. The molecule has 1 rings (SSSR count). The Morgan fingerprint density at radius 2 is 2.28 bits per heavy atom. The van der Waals surface area contributed by atoms with Crippen LogP contribution in [0.3, 0.4) is 0 Å². The summed E-state index contributed by atoms with van der Waals surface area (Å²) in [5, 5.41) is 11.2. The molecule has 1 atom stereocenters. The maximum atomic E-state index is 11.1. The number of rotatable bonds is 5. The number of hydrogen-bond donors (Lipinski definition) is 0. The van der Waals surface area contributed by atoms with Gasteiger partial charge in [-0.25, -0.2) is 0 Å². The van der Waals surface area contributed by atoms with E-state index in [1.807, 2.05) is 6.92 Å². The summed E-state index contributed by atoms with van der Waals surface area (Å²) in [4.78, 5) is 25.4. The Morgan fingerprint density at radius 3 is 2.78 bits per heavy atom. The molecular weight excluding hydrogens is 258 g/mol. The molecule has 0 aliphatic carbocycles. The molecule has 0 saturated heterocycles. The molecular formula is C10H15N3O4S. The van der Waals surface area contributed by atoms with Crippen LogP contribution in [-0.2, 0) is 16.6 Å². The van der Waals surface area contributed by atoms with Gasteiger partial charge in [-0.3, -0.25) is 9.36 Å². The second-order valence-electron chi connectivity index (χ2n) is 3.81. The van der Waals surface area contributed by atoms with Gasteiger partial charge in [-0.1, -0.05) is 18.7 Å². The summed E-state index contributed by atoms with van der Waals surface area (Å²) < 4.78 is 6.21. The summed E-state index contributed by atoms with van der Waals surface area (Å²) >= 11 is 1.25. The SMILES string of the molecule is COC(=O)CC(C)Sc1c([N+](=O)[O-])nc(C)n1C. The number of aryl methyl sites for hydroxylation is 1. The molecule has 100 valence electrons. The van der Waals surface area contributed by atoms with Crippen molar-refractivity contribution in [1.29, 1.82) is 0 Å². The summed E-state index contributed by atoms with van der Waals surface area (Å²) in [6.07, 6.45) is 0.197. The fourth-order valence-electron chi connectivity index (χ4n) is 1.37. The molecule has 18 heavy (non-hydrogen) atoms. The molecule has 0 aromatic carbocycles. The Balaban J connectivity index is 2.89. The first-order valence-corrected chi connectivity index (χ1v) is 6.16. The fraction of sp³-hybridized carbons (Fsp3) is 0.600. The van der Waals surface area contributed by atoms with Crippen molar-refractivity contribution in [3.63, 3.8) is 0 Å². The molecule has 0 fully saturated rings. The number of methoxy groups -OCH3 is 1. The average Bonchev–Trinajstić information content (AvgIpc) is 2.57. The highest BCUT2D eigenvalue weighted by atomic mass is 32.2. The van der Waals surface area contributed by atoms with Gasteiger partial charge in [0.2, 0.25) is 5.82 Å². The van der Waals surface area contributed by atoms with Crippen LogP contribution in [0, 0.1) is 17.0 Å². The number of carbonyl (C=O) groups excluding carboxylic acids is 1. The van der Waals surface area contributed by atoms with Crippen LogP contribution in [0.4, 0.5) is 5.82 Å². The molecule has 0 spiro atoms. The third-order valence-electron chi connectivity index (χ3n) is 2.42. The van der Waals surface area contributed by atoms with Gasteiger partial charge in [0.15, 0.2) is 5.03 Å². The summed E-state index contributed by atoms with van der Waals surface area (Å²) in [5.41, 5.74) is 0. The quantitative estimate of drug-likeness (QED) is 0.351. The van der Waals surface area contributed by atoms with Gasteiger partial charge in [0.05, 0.1) is 13.5 Å². The summed E-state index contributed by atoms with van der Waals surface area (Å²) in [6, 6.07) is 0. The number of nitro groups is 1. The van der Waals surface area contributed by atoms with E-state index in [0.717, 1.165) is 0 Å². The van der Waals surface area contributed by atoms with E-state index in [1.54, 1.807) is 18.5 Å². The van der Waals surface area contributed by atoms with E-state index < -0.39 is 4.92 Å². The zero-order valence-electron chi connectivity index (χ0n) is 10.7. The Morgan fingerprint density at radius 1 is 1.67 bits per heavy atom. The second kappa shape index (κ2) is 5.85. The van der Waals surface area contributed by atoms with Crippen LogP contribution in [0.25, 0.3) is 0 Å². The third kappa shape index (κ3) is 3.22. The van der Waals surface area contributed by atoms with Crippen molar-refractivity contribution in [2.24, 2.45) is 7.05 Å². The topological polar surface area (TPSA) is 87.3 Å². The van der Waals surface area contributed by atoms with Gasteiger partial charge in [-0.15, -0.1) is 0 Å². The minimum atomic E-state index is -0.514. The summed E-state index contributed by atoms with van der Waals surface area (Å²) in [5.74, 6) is 0.0581. The lowest BCUT2D eigenvalue weighted by Crippen LogP contribution is -2.09. The molecule has 1 unspecified atom stereocenters. The number of carbonyl (C=O) groups is 1. The lowest BCUT2D eigenvalue weighted by molar-refractivity contribution is -0.392. The molecule has 8 heteroatoms. The van der Waals surface area contributed by atoms with Gasteiger partial charge in [0.1, 0.15) is 0 Å². The zero-order chi connectivity index (χ0) is 13.9. The first-order valence-electron chi connectivity index (χ1n) is 5.28. The van der Waals surface area contributed by atoms with E-state index in [2.05, 4.69) is 9.72 Å². The van der Waals surface area contributed by atoms with E-state index in [4.69, 9.17) is 0 Å². The predicted molar refractivity (Wildman–Crippen MR) is 66.6 cm³/mol. The zero-order valence-corrected chi connectivity index (χ0v) is 11.5. The largest absolute Gasteiger partial charge is 0.469 e.